The van der Waals surface area contributed by atoms with Gasteiger partial charge in [0.25, 0.3) is 0 Å². The van der Waals surface area contributed by atoms with E-state index in [2.05, 4.69) is 27.7 Å². The van der Waals surface area contributed by atoms with Crippen LogP contribution in [-0.2, 0) is 21.1 Å². The number of aliphatic carboxylic acids is 1. The van der Waals surface area contributed by atoms with E-state index in [9.17, 15) is 35.5 Å². The van der Waals surface area contributed by atoms with E-state index in [4.69, 9.17) is 24.1 Å². The van der Waals surface area contributed by atoms with E-state index in [0.29, 0.717) is 49.7 Å². The number of nitrogens with one attached hydrogen (secondary N) is 2. The summed E-state index contributed by atoms with van der Waals surface area (Å²) < 4.78 is 102. The Hall–Kier alpha value is -3.79. The number of rotatable bonds is 6. The van der Waals surface area contributed by atoms with Gasteiger partial charge in [-0.1, -0.05) is 12.1 Å². The highest BCUT2D eigenvalue weighted by atomic mass is 19.4. The van der Waals surface area contributed by atoms with Crippen LogP contribution >= 0.6 is 0 Å². The number of carbonyl (C=O) groups excluding carboxylic acids is 1. The van der Waals surface area contributed by atoms with Crippen molar-refractivity contribution in [3.63, 3.8) is 0 Å². The number of nitrogens with zero attached hydrogens (tertiary/aromatic N) is 1. The Morgan fingerprint density at radius 3 is 2.23 bits per heavy atom. The van der Waals surface area contributed by atoms with Crippen molar-refractivity contribution in [2.75, 3.05) is 39.3 Å². The van der Waals surface area contributed by atoms with Gasteiger partial charge >= 0.3 is 24.4 Å². The zero-order chi connectivity index (χ0) is 34.6. The highest BCUT2D eigenvalue weighted by molar-refractivity contribution is 5.89. The zero-order valence-corrected chi connectivity index (χ0v) is 25.6. The van der Waals surface area contributed by atoms with Crippen molar-refractivity contribution < 1.29 is 59.6 Å². The van der Waals surface area contributed by atoms with Gasteiger partial charge in [-0.25, -0.2) is 14.0 Å². The van der Waals surface area contributed by atoms with Crippen LogP contribution in [0.15, 0.2) is 36.4 Å². The number of hydrogen-bond donors (Lipinski definition) is 3. The molecule has 3 N–H and O–H groups in total. The molecule has 9 nitrogen and oxygen atoms in total. The first-order valence-electron chi connectivity index (χ1n) is 14.9. The molecule has 2 heterocycles. The van der Waals surface area contributed by atoms with Crippen molar-refractivity contribution in [1.82, 2.24) is 10.2 Å². The molecule has 0 unspecified atom stereocenters. The standard InChI is InChI=1S/C29H35F4N3O4.C2HF3O2/c1-38-23-7-6-18(16-24(23)39-2)28-11-8-19(17-25(28)36(13-12-28)20-9-14-40-15-10-20)34-27(37)35-22-5-3-4-21(26(22)30)29(31,32)33;3-2(4,5)1(6)7/h3-7,16,19-20,25H,8-15,17H2,1-2H3,(H2,34,35,37);(H,6,7)/t19-,25+,28+;/m1./s1. The highest BCUT2D eigenvalue weighted by Crippen LogP contribution is 2.51. The topological polar surface area (TPSA) is 109 Å². The highest BCUT2D eigenvalue weighted by Gasteiger charge is 2.53. The lowest BCUT2D eigenvalue weighted by atomic mass is 9.65. The van der Waals surface area contributed by atoms with Crippen molar-refractivity contribution in [3.05, 3.63) is 53.3 Å². The number of carboxylic acids is 1. The molecule has 2 aliphatic heterocycles. The van der Waals surface area contributed by atoms with Crippen LogP contribution in [0.4, 0.5) is 41.2 Å². The van der Waals surface area contributed by atoms with Crippen molar-refractivity contribution in [3.8, 4) is 11.5 Å². The van der Waals surface area contributed by atoms with Gasteiger partial charge in [0.05, 0.1) is 25.5 Å². The van der Waals surface area contributed by atoms with Gasteiger partial charge in [0.2, 0.25) is 0 Å². The normalized spacial score (nSPS) is 23.6. The van der Waals surface area contributed by atoms with E-state index in [-0.39, 0.29) is 17.5 Å². The fraction of sp³-hybridized carbons (Fsp3) is 0.548. The quantitative estimate of drug-likeness (QED) is 0.305. The molecule has 1 saturated carbocycles. The minimum atomic E-state index is -5.08. The Bertz CT molecular complexity index is 1420. The lowest BCUT2D eigenvalue weighted by molar-refractivity contribution is -0.192. The summed E-state index contributed by atoms with van der Waals surface area (Å²) in [6.07, 6.45) is -4.98. The second-order valence-electron chi connectivity index (χ2n) is 11.6. The number of alkyl halides is 6. The molecule has 16 heteroatoms. The largest absolute Gasteiger partial charge is 0.493 e. The zero-order valence-electron chi connectivity index (χ0n) is 25.6. The smallest absolute Gasteiger partial charge is 0.490 e. The molecule has 3 atom stereocenters. The van der Waals surface area contributed by atoms with Crippen molar-refractivity contribution in [2.45, 2.75) is 74.4 Å². The van der Waals surface area contributed by atoms with E-state index in [1.165, 1.54) is 5.56 Å². The van der Waals surface area contributed by atoms with Gasteiger partial charge in [-0.3, -0.25) is 4.90 Å². The van der Waals surface area contributed by atoms with E-state index in [0.717, 1.165) is 44.4 Å². The number of ether oxygens (including phenoxy) is 3. The second-order valence-corrected chi connectivity index (χ2v) is 11.6. The number of likely N-dealkylation sites (tertiary alicyclic amines) is 1. The van der Waals surface area contributed by atoms with E-state index >= 15 is 0 Å². The first-order valence-corrected chi connectivity index (χ1v) is 14.9. The molecular weight excluding hydrogens is 643 g/mol. The van der Waals surface area contributed by atoms with Crippen LogP contribution in [-0.4, -0.2) is 80.3 Å². The van der Waals surface area contributed by atoms with E-state index < -0.39 is 41.4 Å². The molecule has 1 aliphatic carbocycles. The van der Waals surface area contributed by atoms with Crippen LogP contribution in [0.2, 0.25) is 0 Å². The summed E-state index contributed by atoms with van der Waals surface area (Å²) in [6.45, 7) is 2.34. The summed E-state index contributed by atoms with van der Waals surface area (Å²) in [5.74, 6) is -2.93. The van der Waals surface area contributed by atoms with Crippen molar-refractivity contribution in [2.24, 2.45) is 0 Å². The minimum absolute atomic E-state index is 0.123. The van der Waals surface area contributed by atoms with Crippen LogP contribution in [0, 0.1) is 5.82 Å². The minimum Gasteiger partial charge on any atom is -0.493 e. The summed E-state index contributed by atoms with van der Waals surface area (Å²) in [4.78, 5) is 24.3. The molecule has 47 heavy (non-hydrogen) atoms. The SMILES string of the molecule is COc1ccc([C@@]23CC[C@@H](NC(=O)Nc4cccc(C(F)(F)F)c4F)C[C@@H]2N(C2CCOCC2)CC3)cc1OC.O=C(O)C(F)(F)F. The Kier molecular flexibility index (Phi) is 11.2. The maximum Gasteiger partial charge on any atom is 0.490 e. The average Bonchev–Trinajstić information content (AvgIpc) is 3.41. The molecule has 2 aromatic rings. The van der Waals surface area contributed by atoms with Crippen LogP contribution < -0.4 is 20.1 Å². The summed E-state index contributed by atoms with van der Waals surface area (Å²) in [5, 5.41) is 12.3. The molecule has 2 saturated heterocycles. The Balaban J connectivity index is 0.000000644. The Morgan fingerprint density at radius 1 is 0.979 bits per heavy atom. The van der Waals surface area contributed by atoms with Gasteiger partial charge < -0.3 is 30.0 Å². The molecule has 2 amide bonds. The number of fused-ring (bicyclic) bond motifs is 1. The second kappa shape index (κ2) is 14.5. The molecule has 260 valence electrons. The lowest BCUT2D eigenvalue weighted by Gasteiger charge is -2.47. The maximum atomic E-state index is 14.5. The Labute approximate surface area is 266 Å². The van der Waals surface area contributed by atoms with Crippen LogP contribution in [0.3, 0.4) is 0 Å². The molecule has 3 aliphatic rings. The van der Waals surface area contributed by atoms with Crippen molar-refractivity contribution >= 4 is 17.7 Å². The number of carboxylic acid groups (broad SMARTS) is 1. The van der Waals surface area contributed by atoms with Crippen LogP contribution in [0.25, 0.3) is 0 Å². The number of carbonyl (C=O) groups is 2. The molecule has 2 aromatic carbocycles. The number of urea groups is 1. The van der Waals surface area contributed by atoms with E-state index in [1.54, 1.807) is 14.2 Å². The van der Waals surface area contributed by atoms with Crippen molar-refractivity contribution in [1.29, 1.82) is 0 Å². The third-order valence-corrected chi connectivity index (χ3v) is 9.05. The van der Waals surface area contributed by atoms with Gasteiger partial charge in [-0.15, -0.1) is 0 Å². The van der Waals surface area contributed by atoms with Gasteiger partial charge in [0.15, 0.2) is 17.3 Å². The predicted octanol–water partition coefficient (Wildman–Crippen LogP) is 6.36. The number of hydrogen-bond acceptors (Lipinski definition) is 6. The predicted molar refractivity (Wildman–Crippen MR) is 155 cm³/mol. The van der Waals surface area contributed by atoms with Gasteiger partial charge in [-0.05, 0) is 74.9 Å². The summed E-state index contributed by atoms with van der Waals surface area (Å²) in [7, 11) is 3.22. The fourth-order valence-electron chi connectivity index (χ4n) is 6.84. The lowest BCUT2D eigenvalue weighted by Crippen LogP contribution is -2.55. The number of benzene rings is 2. The first kappa shape index (κ1) is 36.1. The molecule has 5 rings (SSSR count). The number of anilines is 1. The Morgan fingerprint density at radius 2 is 1.64 bits per heavy atom. The summed E-state index contributed by atoms with van der Waals surface area (Å²) in [6, 6.07) is 8.46. The average molecular weight is 680 g/mol. The van der Waals surface area contributed by atoms with Crippen LogP contribution in [0.5, 0.6) is 11.5 Å². The molecule has 0 aromatic heterocycles. The van der Waals surface area contributed by atoms with Gasteiger partial charge in [0.1, 0.15) is 0 Å². The fourth-order valence-corrected chi connectivity index (χ4v) is 6.84. The van der Waals surface area contributed by atoms with Crippen LogP contribution in [0.1, 0.15) is 49.7 Å². The molecule has 3 fully saturated rings. The third-order valence-electron chi connectivity index (χ3n) is 9.05. The number of methoxy groups -OCH3 is 2. The van der Waals surface area contributed by atoms with Gasteiger partial charge in [-0.2, -0.15) is 26.3 Å². The first-order chi connectivity index (χ1) is 22.1. The summed E-state index contributed by atoms with van der Waals surface area (Å²) >= 11 is 0. The monoisotopic (exact) mass is 679 g/mol. The molecular formula is C31H36F7N3O6. The number of halogens is 7. The molecule has 0 spiro atoms. The number of amides is 2. The third kappa shape index (κ3) is 8.20. The maximum absolute atomic E-state index is 14.5. The molecule has 0 radical (unpaired) electrons. The van der Waals surface area contributed by atoms with Gasteiger partial charge in [0, 0.05) is 36.8 Å². The molecule has 0 bridgehead atoms. The summed E-state index contributed by atoms with van der Waals surface area (Å²) in [5.41, 5.74) is -0.911. The van der Waals surface area contributed by atoms with E-state index in [1.807, 2.05) is 6.07 Å².